The summed E-state index contributed by atoms with van der Waals surface area (Å²) in [5.74, 6) is -0.960. The van der Waals surface area contributed by atoms with Crippen LogP contribution in [0.2, 0.25) is 0 Å². The normalized spacial score (nSPS) is 13.2. The third-order valence-corrected chi connectivity index (χ3v) is 13.0. The lowest BCUT2D eigenvalue weighted by Gasteiger charge is -2.18. The maximum atomic E-state index is 12.9. The number of rotatable bonds is 56. The Balaban J connectivity index is 4.42. The molecule has 0 amide bonds. The van der Waals surface area contributed by atoms with E-state index in [0.29, 0.717) is 19.3 Å². The zero-order valence-corrected chi connectivity index (χ0v) is 50.8. The van der Waals surface area contributed by atoms with Gasteiger partial charge in [0.1, 0.15) is 13.2 Å². The number of ether oxygens (including phenoxy) is 3. The highest BCUT2D eigenvalue weighted by atomic mass is 16.6. The van der Waals surface area contributed by atoms with Gasteiger partial charge in [-0.05, 0) is 141 Å². The Morgan fingerprint density at radius 3 is 0.722 bits per heavy atom. The van der Waals surface area contributed by atoms with Gasteiger partial charge in [-0.25, -0.2) is 0 Å². The molecule has 6 heteroatoms. The molecule has 0 aliphatic carbocycles. The van der Waals surface area contributed by atoms with Crippen molar-refractivity contribution >= 4 is 17.9 Å². The fraction of sp³-hybridized carbons (Fsp3) is 0.603. The number of unbranched alkanes of at least 4 members (excludes halogenated alkanes) is 19. The molecule has 0 saturated carbocycles. The minimum Gasteiger partial charge on any atom is -0.462 e. The van der Waals surface area contributed by atoms with Gasteiger partial charge >= 0.3 is 17.9 Å². The molecule has 0 saturated heterocycles. The summed E-state index contributed by atoms with van der Waals surface area (Å²) in [5, 5.41) is 0. The van der Waals surface area contributed by atoms with Crippen LogP contribution in [0.15, 0.2) is 158 Å². The van der Waals surface area contributed by atoms with Crippen molar-refractivity contribution in [3.63, 3.8) is 0 Å². The van der Waals surface area contributed by atoms with Crippen LogP contribution in [0, 0.1) is 0 Å². The number of carbonyl (C=O) groups excluding carboxylic acids is 3. The van der Waals surface area contributed by atoms with Crippen molar-refractivity contribution in [2.75, 3.05) is 13.2 Å². The predicted molar refractivity (Wildman–Crippen MR) is 343 cm³/mol. The van der Waals surface area contributed by atoms with Gasteiger partial charge in [-0.2, -0.15) is 0 Å². The van der Waals surface area contributed by atoms with Crippen LogP contribution in [-0.4, -0.2) is 37.2 Å². The van der Waals surface area contributed by atoms with Gasteiger partial charge < -0.3 is 14.2 Å². The summed E-state index contributed by atoms with van der Waals surface area (Å²) in [7, 11) is 0. The van der Waals surface area contributed by atoms with Gasteiger partial charge in [0.15, 0.2) is 6.10 Å². The first-order chi connectivity index (χ1) is 39.0. The monoisotopic (exact) mass is 1090 g/mol. The molecule has 0 bridgehead atoms. The minimum atomic E-state index is -0.813. The minimum absolute atomic E-state index is 0.105. The Labute approximate surface area is 486 Å². The molecular formula is C73H116O6. The van der Waals surface area contributed by atoms with E-state index >= 15 is 0 Å². The number of hydrogen-bond donors (Lipinski definition) is 0. The van der Waals surface area contributed by atoms with Crippen molar-refractivity contribution < 1.29 is 28.6 Å². The molecule has 0 spiro atoms. The molecule has 0 N–H and O–H groups in total. The topological polar surface area (TPSA) is 78.9 Å². The van der Waals surface area contributed by atoms with E-state index in [1.54, 1.807) is 0 Å². The molecule has 0 radical (unpaired) electrons. The molecule has 1 atom stereocenters. The van der Waals surface area contributed by atoms with E-state index in [0.717, 1.165) is 161 Å². The van der Waals surface area contributed by atoms with Crippen molar-refractivity contribution in [1.29, 1.82) is 0 Å². The third kappa shape index (κ3) is 63.7. The number of esters is 3. The first-order valence-corrected chi connectivity index (χ1v) is 32.0. The summed E-state index contributed by atoms with van der Waals surface area (Å²) in [5.41, 5.74) is 0. The van der Waals surface area contributed by atoms with Gasteiger partial charge in [0.05, 0.1) is 0 Å². The summed E-state index contributed by atoms with van der Waals surface area (Å²) >= 11 is 0. The van der Waals surface area contributed by atoms with Gasteiger partial charge in [0, 0.05) is 19.3 Å². The van der Waals surface area contributed by atoms with Crippen LogP contribution in [0.5, 0.6) is 0 Å². The van der Waals surface area contributed by atoms with E-state index in [-0.39, 0.29) is 37.5 Å². The lowest BCUT2D eigenvalue weighted by molar-refractivity contribution is -0.167. The summed E-state index contributed by atoms with van der Waals surface area (Å²) in [6, 6.07) is 0. The zero-order chi connectivity index (χ0) is 57.1. The molecule has 0 aromatic rings. The van der Waals surface area contributed by atoms with E-state index < -0.39 is 6.10 Å². The summed E-state index contributed by atoms with van der Waals surface area (Å²) in [4.78, 5) is 38.3. The maximum absolute atomic E-state index is 12.9. The Morgan fingerprint density at radius 1 is 0.253 bits per heavy atom. The van der Waals surface area contributed by atoms with Crippen LogP contribution in [0.3, 0.4) is 0 Å². The molecule has 0 fully saturated rings. The van der Waals surface area contributed by atoms with Crippen LogP contribution in [0.1, 0.15) is 265 Å². The van der Waals surface area contributed by atoms with Crippen molar-refractivity contribution in [3.05, 3.63) is 158 Å². The van der Waals surface area contributed by atoms with Crippen molar-refractivity contribution in [2.24, 2.45) is 0 Å². The highest BCUT2D eigenvalue weighted by Gasteiger charge is 2.19. The molecule has 6 nitrogen and oxygen atoms in total. The van der Waals surface area contributed by atoms with Crippen LogP contribution in [0.25, 0.3) is 0 Å². The van der Waals surface area contributed by atoms with Gasteiger partial charge in [-0.15, -0.1) is 0 Å². The van der Waals surface area contributed by atoms with E-state index in [1.165, 1.54) is 57.8 Å². The van der Waals surface area contributed by atoms with Gasteiger partial charge in [-0.3, -0.25) is 14.4 Å². The molecule has 0 aliphatic heterocycles. The van der Waals surface area contributed by atoms with E-state index in [9.17, 15) is 14.4 Å². The first kappa shape index (κ1) is 74.0. The SMILES string of the molecule is CC/C=C\C/C=C\C/C=C\C/C=C\C/C=C\CCCCCCCCCCCCCC(=O)OCC(COC(=O)CCCCCCC/C=C\C/C=C\C/C=C\CC)OC(=O)CCCCC/C=C\C/C=C\C/C=C\C/C=C\C/C=C\CC. The standard InChI is InChI=1S/C73H116O6/c1-4-7-10-13-16-19-22-25-28-30-32-33-34-35-36-37-38-39-41-42-45-48-51-54-57-60-63-66-72(75)78-69-70(68-77-71(74)65-62-59-56-53-50-47-44-27-24-21-18-15-12-9-6-3)79-73(76)67-64-61-58-55-52-49-46-43-40-31-29-26-23-20-17-14-11-8-5-2/h7-12,16-21,25-29,32-33,35-36,40,43-44,49,52,70H,4-6,13-15,22-24,30-31,34,37-39,41-42,45-48,50-51,53-69H2,1-3H3/b10-7-,11-8-,12-9-,19-16-,20-17-,21-18-,28-25-,29-26-,33-32-,36-35-,43-40-,44-27-,52-49-. The van der Waals surface area contributed by atoms with Crippen molar-refractivity contribution in [1.82, 2.24) is 0 Å². The summed E-state index contributed by atoms with van der Waals surface area (Å²) < 4.78 is 16.9. The molecule has 79 heavy (non-hydrogen) atoms. The van der Waals surface area contributed by atoms with Crippen LogP contribution in [-0.2, 0) is 28.6 Å². The average molecular weight is 1090 g/mol. The Hall–Kier alpha value is -4.97. The van der Waals surface area contributed by atoms with Crippen LogP contribution >= 0.6 is 0 Å². The molecule has 444 valence electrons. The molecule has 0 rings (SSSR count). The maximum Gasteiger partial charge on any atom is 0.306 e. The molecular weight excluding hydrogens is 973 g/mol. The van der Waals surface area contributed by atoms with Gasteiger partial charge in [0.2, 0.25) is 0 Å². The predicted octanol–water partition coefficient (Wildman–Crippen LogP) is 22.1. The number of allylic oxidation sites excluding steroid dienone is 26. The fourth-order valence-corrected chi connectivity index (χ4v) is 8.33. The van der Waals surface area contributed by atoms with E-state index in [2.05, 4.69) is 179 Å². The van der Waals surface area contributed by atoms with E-state index in [1.807, 2.05) is 0 Å². The Morgan fingerprint density at radius 2 is 0.456 bits per heavy atom. The summed E-state index contributed by atoms with van der Waals surface area (Å²) in [6.45, 7) is 6.26. The lowest BCUT2D eigenvalue weighted by Crippen LogP contribution is -2.30. The first-order valence-electron chi connectivity index (χ1n) is 32.0. The zero-order valence-electron chi connectivity index (χ0n) is 50.8. The second-order valence-corrected chi connectivity index (χ2v) is 20.5. The lowest BCUT2D eigenvalue weighted by atomic mass is 10.0. The second kappa shape index (κ2) is 65.5. The van der Waals surface area contributed by atoms with Crippen LogP contribution < -0.4 is 0 Å². The fourth-order valence-electron chi connectivity index (χ4n) is 8.33. The highest BCUT2D eigenvalue weighted by Crippen LogP contribution is 2.15. The molecule has 0 aliphatic rings. The van der Waals surface area contributed by atoms with Crippen molar-refractivity contribution in [2.45, 2.75) is 271 Å². The highest BCUT2D eigenvalue weighted by molar-refractivity contribution is 5.71. The van der Waals surface area contributed by atoms with Gasteiger partial charge in [-0.1, -0.05) is 262 Å². The molecule has 0 heterocycles. The quantitative estimate of drug-likeness (QED) is 0.0261. The van der Waals surface area contributed by atoms with Crippen LogP contribution in [0.4, 0.5) is 0 Å². The molecule has 0 aromatic heterocycles. The number of hydrogen-bond acceptors (Lipinski definition) is 6. The Kier molecular flexibility index (Phi) is 61.4. The molecule has 0 aromatic carbocycles. The second-order valence-electron chi connectivity index (χ2n) is 20.5. The van der Waals surface area contributed by atoms with Gasteiger partial charge in [0.25, 0.3) is 0 Å². The summed E-state index contributed by atoms with van der Waals surface area (Å²) in [6.07, 6.45) is 95.3. The third-order valence-electron chi connectivity index (χ3n) is 13.0. The smallest absolute Gasteiger partial charge is 0.306 e. The largest absolute Gasteiger partial charge is 0.462 e. The van der Waals surface area contributed by atoms with E-state index in [4.69, 9.17) is 14.2 Å². The Bertz CT molecular complexity index is 1780. The number of carbonyl (C=O) groups is 3. The average Bonchev–Trinajstić information content (AvgIpc) is 3.45. The molecule has 1 unspecified atom stereocenters. The van der Waals surface area contributed by atoms with Crippen molar-refractivity contribution in [3.8, 4) is 0 Å².